The van der Waals surface area contributed by atoms with Gasteiger partial charge in [0, 0.05) is 0 Å². The van der Waals surface area contributed by atoms with Crippen LogP contribution in [0.3, 0.4) is 0 Å². The largest absolute Gasteiger partial charge is 0.243 e. The van der Waals surface area contributed by atoms with Crippen molar-refractivity contribution in [2.24, 2.45) is 0 Å². The van der Waals surface area contributed by atoms with E-state index in [0.29, 0.717) is 0 Å². The number of rotatable bonds is 8. The van der Waals surface area contributed by atoms with Crippen LogP contribution in [-0.4, -0.2) is 4.57 Å². The second-order valence-electron chi connectivity index (χ2n) is 4.90. The molecule has 1 aromatic heterocycles. The van der Waals surface area contributed by atoms with Crippen LogP contribution in [0.15, 0.2) is 48.3 Å². The van der Waals surface area contributed by atoms with Gasteiger partial charge in [-0.05, 0) is 37.3 Å². The minimum Gasteiger partial charge on any atom is -0.237 e. The van der Waals surface area contributed by atoms with E-state index in [2.05, 4.69) is 52.7 Å². The third-order valence-corrected chi connectivity index (χ3v) is 3.29. The summed E-state index contributed by atoms with van der Waals surface area (Å²) in [7, 11) is 0. The van der Waals surface area contributed by atoms with Crippen molar-refractivity contribution < 1.29 is 4.57 Å². The SMILES string of the molecule is CCCCn1cc[n+](CCCCC2=C=CC=C2)c1. The fourth-order valence-electron chi connectivity index (χ4n) is 2.18. The predicted octanol–water partition coefficient (Wildman–Crippen LogP) is 3.40. The van der Waals surface area contributed by atoms with E-state index >= 15 is 0 Å². The Morgan fingerprint density at radius 1 is 1.28 bits per heavy atom. The number of unbranched alkanes of at least 4 members (excludes halogenated alkanes) is 2. The number of hydrogen-bond acceptors (Lipinski definition) is 0. The Morgan fingerprint density at radius 3 is 3.00 bits per heavy atom. The fraction of sp³-hybridized carbons (Fsp3) is 0.500. The first-order chi connectivity index (χ1) is 8.88. The highest BCUT2D eigenvalue weighted by Crippen LogP contribution is 2.10. The number of allylic oxidation sites excluding steroid dienone is 3. The highest BCUT2D eigenvalue weighted by molar-refractivity contribution is 5.28. The van der Waals surface area contributed by atoms with Gasteiger partial charge in [0.15, 0.2) is 0 Å². The third-order valence-electron chi connectivity index (χ3n) is 3.29. The van der Waals surface area contributed by atoms with E-state index < -0.39 is 0 Å². The molecular formula is C16H23N2+. The standard InChI is InChI=1S/C16H23N2/c1-2-3-11-17-13-14-18(15-17)12-7-6-10-16-8-4-5-9-16/h4-5,8,13-15H,2-3,6-7,10-12H2,1H3/q+1. The summed E-state index contributed by atoms with van der Waals surface area (Å²) in [4.78, 5) is 0. The van der Waals surface area contributed by atoms with Crippen molar-refractivity contribution in [1.82, 2.24) is 4.57 Å². The second-order valence-corrected chi connectivity index (χ2v) is 4.90. The van der Waals surface area contributed by atoms with Crippen LogP contribution < -0.4 is 4.57 Å². The number of aromatic nitrogens is 2. The quantitative estimate of drug-likeness (QED) is 0.376. The van der Waals surface area contributed by atoms with Gasteiger partial charge in [-0.2, -0.15) is 0 Å². The Morgan fingerprint density at radius 2 is 2.22 bits per heavy atom. The number of nitrogens with zero attached hydrogens (tertiary/aromatic N) is 2. The molecule has 0 saturated heterocycles. The van der Waals surface area contributed by atoms with Crippen LogP contribution in [0.4, 0.5) is 0 Å². The average Bonchev–Trinajstić information content (AvgIpc) is 3.04. The van der Waals surface area contributed by atoms with Crippen LogP contribution in [0.2, 0.25) is 0 Å². The molecule has 96 valence electrons. The van der Waals surface area contributed by atoms with Gasteiger partial charge < -0.3 is 0 Å². The van der Waals surface area contributed by atoms with Crippen LogP contribution in [0, 0.1) is 0 Å². The van der Waals surface area contributed by atoms with E-state index in [9.17, 15) is 0 Å². The third kappa shape index (κ3) is 4.05. The molecule has 2 heteroatoms. The summed E-state index contributed by atoms with van der Waals surface area (Å²) >= 11 is 0. The van der Waals surface area contributed by atoms with Gasteiger partial charge in [0.25, 0.3) is 0 Å². The van der Waals surface area contributed by atoms with Crippen molar-refractivity contribution in [3.05, 3.63) is 48.3 Å². The molecule has 0 saturated carbocycles. The Kier molecular flexibility index (Phi) is 5.04. The molecule has 0 aliphatic heterocycles. The monoisotopic (exact) mass is 243 g/mol. The Bertz CT molecular complexity index is 459. The zero-order valence-electron chi connectivity index (χ0n) is 11.3. The average molecular weight is 243 g/mol. The molecule has 0 unspecified atom stereocenters. The molecule has 1 aliphatic carbocycles. The summed E-state index contributed by atoms with van der Waals surface area (Å²) in [5.74, 6) is 0. The molecule has 1 aliphatic rings. The first kappa shape index (κ1) is 12.9. The maximum atomic E-state index is 3.25. The van der Waals surface area contributed by atoms with Gasteiger partial charge in [-0.3, -0.25) is 0 Å². The normalized spacial score (nSPS) is 13.3. The van der Waals surface area contributed by atoms with Gasteiger partial charge in [0.1, 0.15) is 12.4 Å². The Labute approximate surface area is 110 Å². The molecule has 0 radical (unpaired) electrons. The summed E-state index contributed by atoms with van der Waals surface area (Å²) in [6.45, 7) is 4.50. The van der Waals surface area contributed by atoms with Crippen LogP contribution in [0.25, 0.3) is 0 Å². The molecule has 1 heterocycles. The maximum absolute atomic E-state index is 3.25. The lowest BCUT2D eigenvalue weighted by Gasteiger charge is -1.98. The Balaban J connectivity index is 1.65. The lowest BCUT2D eigenvalue weighted by atomic mass is 10.1. The van der Waals surface area contributed by atoms with Crippen LogP contribution in [0.5, 0.6) is 0 Å². The minimum absolute atomic E-state index is 1.12. The zero-order valence-corrected chi connectivity index (χ0v) is 11.3. The molecule has 0 aromatic carbocycles. The van der Waals surface area contributed by atoms with Crippen molar-refractivity contribution in [2.75, 3.05) is 0 Å². The molecule has 0 fully saturated rings. The van der Waals surface area contributed by atoms with Crippen LogP contribution in [-0.2, 0) is 13.1 Å². The number of imidazole rings is 1. The lowest BCUT2D eigenvalue weighted by molar-refractivity contribution is -0.696. The molecule has 18 heavy (non-hydrogen) atoms. The van der Waals surface area contributed by atoms with Gasteiger partial charge in [-0.25, -0.2) is 9.13 Å². The van der Waals surface area contributed by atoms with Crippen LogP contribution >= 0.6 is 0 Å². The van der Waals surface area contributed by atoms with Gasteiger partial charge in [-0.1, -0.05) is 25.5 Å². The van der Waals surface area contributed by atoms with Crippen molar-refractivity contribution in [1.29, 1.82) is 0 Å². The topological polar surface area (TPSA) is 8.81 Å². The van der Waals surface area contributed by atoms with E-state index in [1.807, 2.05) is 6.08 Å². The molecule has 2 rings (SSSR count). The lowest BCUT2D eigenvalue weighted by Crippen LogP contribution is -2.30. The van der Waals surface area contributed by atoms with Gasteiger partial charge >= 0.3 is 0 Å². The first-order valence-electron chi connectivity index (χ1n) is 7.05. The summed E-state index contributed by atoms with van der Waals surface area (Å²) in [6, 6.07) is 0. The van der Waals surface area contributed by atoms with E-state index in [0.717, 1.165) is 19.5 Å². The van der Waals surface area contributed by atoms with Crippen molar-refractivity contribution >= 4 is 0 Å². The minimum atomic E-state index is 1.12. The zero-order chi connectivity index (χ0) is 12.6. The molecule has 0 bridgehead atoms. The van der Waals surface area contributed by atoms with E-state index in [1.165, 1.54) is 31.3 Å². The van der Waals surface area contributed by atoms with E-state index in [4.69, 9.17) is 0 Å². The summed E-state index contributed by atoms with van der Waals surface area (Å²) in [5.41, 5.74) is 4.60. The van der Waals surface area contributed by atoms with Crippen molar-refractivity contribution in [3.8, 4) is 0 Å². The highest BCUT2D eigenvalue weighted by atomic mass is 15.1. The summed E-state index contributed by atoms with van der Waals surface area (Å²) < 4.78 is 4.58. The molecule has 0 N–H and O–H groups in total. The second kappa shape index (κ2) is 7.03. The van der Waals surface area contributed by atoms with E-state index in [-0.39, 0.29) is 0 Å². The Hall–Kier alpha value is -1.53. The molecular weight excluding hydrogens is 220 g/mol. The van der Waals surface area contributed by atoms with Gasteiger partial charge in [0.05, 0.1) is 13.1 Å². The van der Waals surface area contributed by atoms with Gasteiger partial charge in [-0.15, -0.1) is 5.73 Å². The van der Waals surface area contributed by atoms with Crippen molar-refractivity contribution in [3.63, 3.8) is 0 Å². The maximum Gasteiger partial charge on any atom is 0.243 e. The van der Waals surface area contributed by atoms with Crippen molar-refractivity contribution in [2.45, 2.75) is 52.1 Å². The summed E-state index contributed by atoms with van der Waals surface area (Å²) in [5, 5.41) is 0. The molecule has 0 amide bonds. The smallest absolute Gasteiger partial charge is 0.237 e. The fourth-order valence-corrected chi connectivity index (χ4v) is 2.18. The molecule has 1 aromatic rings. The predicted molar refractivity (Wildman–Crippen MR) is 74.1 cm³/mol. The summed E-state index contributed by atoms with van der Waals surface area (Å²) in [6.07, 6.45) is 19.0. The van der Waals surface area contributed by atoms with Gasteiger partial charge in [0.2, 0.25) is 6.33 Å². The molecule has 0 spiro atoms. The van der Waals surface area contributed by atoms with E-state index in [1.54, 1.807) is 0 Å². The number of aryl methyl sites for hydroxylation is 2. The number of hydrogen-bond donors (Lipinski definition) is 0. The first-order valence-corrected chi connectivity index (χ1v) is 7.05. The highest BCUT2D eigenvalue weighted by Gasteiger charge is 2.03. The molecule has 0 atom stereocenters. The molecule has 2 nitrogen and oxygen atoms in total. The van der Waals surface area contributed by atoms with Crippen LogP contribution in [0.1, 0.15) is 39.0 Å².